The Morgan fingerprint density at radius 2 is 1.94 bits per heavy atom. The third-order valence-electron chi connectivity index (χ3n) is 2.62. The van der Waals surface area contributed by atoms with Gasteiger partial charge in [0.25, 0.3) is 0 Å². The van der Waals surface area contributed by atoms with Crippen molar-refractivity contribution in [3.63, 3.8) is 0 Å². The Morgan fingerprint density at radius 1 is 1.22 bits per heavy atom. The molecule has 0 saturated carbocycles. The SMILES string of the molecule is CC(=O)CC([C]=O)Oc1cccc2ccccc12. The molecule has 0 aliphatic heterocycles. The Bertz CT molecular complexity index is 569. The molecule has 1 radical (unpaired) electrons. The van der Waals surface area contributed by atoms with Crippen LogP contribution in [0.15, 0.2) is 42.5 Å². The molecule has 0 heterocycles. The van der Waals surface area contributed by atoms with E-state index in [1.807, 2.05) is 36.4 Å². The molecule has 0 fully saturated rings. The lowest BCUT2D eigenvalue weighted by molar-refractivity contribution is -0.117. The third kappa shape index (κ3) is 2.74. The fraction of sp³-hybridized carbons (Fsp3) is 0.200. The number of fused-ring (bicyclic) bond motifs is 1. The minimum Gasteiger partial charge on any atom is -0.481 e. The van der Waals surface area contributed by atoms with E-state index < -0.39 is 6.10 Å². The first-order chi connectivity index (χ1) is 8.70. The molecule has 18 heavy (non-hydrogen) atoms. The van der Waals surface area contributed by atoms with E-state index >= 15 is 0 Å². The van der Waals surface area contributed by atoms with Gasteiger partial charge in [0.05, 0.1) is 6.42 Å². The Hall–Kier alpha value is -2.16. The molecule has 1 atom stereocenters. The molecule has 0 N–H and O–H groups in total. The summed E-state index contributed by atoms with van der Waals surface area (Å²) in [5, 5.41) is 1.95. The van der Waals surface area contributed by atoms with Crippen LogP contribution in [0.1, 0.15) is 13.3 Å². The van der Waals surface area contributed by atoms with Crippen molar-refractivity contribution in [2.45, 2.75) is 19.4 Å². The Balaban J connectivity index is 2.30. The number of rotatable bonds is 5. The predicted molar refractivity (Wildman–Crippen MR) is 69.4 cm³/mol. The fourth-order valence-electron chi connectivity index (χ4n) is 1.82. The summed E-state index contributed by atoms with van der Waals surface area (Å²) in [4.78, 5) is 21.8. The molecule has 0 amide bonds. The Morgan fingerprint density at radius 3 is 2.67 bits per heavy atom. The van der Waals surface area contributed by atoms with Crippen molar-refractivity contribution >= 4 is 22.8 Å². The van der Waals surface area contributed by atoms with Crippen LogP contribution in [-0.2, 0) is 9.59 Å². The molecule has 3 heteroatoms. The smallest absolute Gasteiger partial charge is 0.243 e. The van der Waals surface area contributed by atoms with Gasteiger partial charge in [0.1, 0.15) is 11.5 Å². The lowest BCUT2D eigenvalue weighted by Crippen LogP contribution is -2.21. The van der Waals surface area contributed by atoms with Crippen LogP contribution in [0.4, 0.5) is 0 Å². The molecule has 0 spiro atoms. The normalized spacial score (nSPS) is 12.1. The van der Waals surface area contributed by atoms with Gasteiger partial charge in [0.15, 0.2) is 6.10 Å². The second-order valence-electron chi connectivity index (χ2n) is 4.11. The third-order valence-corrected chi connectivity index (χ3v) is 2.62. The van der Waals surface area contributed by atoms with Crippen LogP contribution in [0, 0.1) is 0 Å². The molecule has 3 nitrogen and oxygen atoms in total. The van der Waals surface area contributed by atoms with Crippen molar-refractivity contribution < 1.29 is 14.3 Å². The van der Waals surface area contributed by atoms with Crippen molar-refractivity contribution in [2.24, 2.45) is 0 Å². The minimum atomic E-state index is -0.840. The van der Waals surface area contributed by atoms with Gasteiger partial charge < -0.3 is 4.74 Å². The van der Waals surface area contributed by atoms with Gasteiger partial charge in [-0.25, -0.2) is 0 Å². The minimum absolute atomic E-state index is 0.0483. The lowest BCUT2D eigenvalue weighted by atomic mass is 10.1. The van der Waals surface area contributed by atoms with E-state index in [1.54, 1.807) is 12.4 Å². The summed E-state index contributed by atoms with van der Waals surface area (Å²) in [5.74, 6) is 0.506. The lowest BCUT2D eigenvalue weighted by Gasteiger charge is -2.13. The van der Waals surface area contributed by atoms with Crippen molar-refractivity contribution in [1.29, 1.82) is 0 Å². The number of carbonyl (C=O) groups excluding carboxylic acids is 2. The van der Waals surface area contributed by atoms with E-state index in [0.717, 1.165) is 10.8 Å². The van der Waals surface area contributed by atoms with E-state index in [1.165, 1.54) is 6.92 Å². The second-order valence-corrected chi connectivity index (χ2v) is 4.11. The highest BCUT2D eigenvalue weighted by Gasteiger charge is 2.14. The van der Waals surface area contributed by atoms with Gasteiger partial charge in [0, 0.05) is 5.39 Å². The molecule has 2 rings (SSSR count). The summed E-state index contributed by atoms with van der Waals surface area (Å²) < 4.78 is 5.54. The topological polar surface area (TPSA) is 43.4 Å². The quantitative estimate of drug-likeness (QED) is 0.808. The molecule has 0 aliphatic rings. The van der Waals surface area contributed by atoms with Gasteiger partial charge in [-0.15, -0.1) is 0 Å². The van der Waals surface area contributed by atoms with Crippen LogP contribution in [0.2, 0.25) is 0 Å². The average molecular weight is 241 g/mol. The van der Waals surface area contributed by atoms with Gasteiger partial charge in [0.2, 0.25) is 6.29 Å². The van der Waals surface area contributed by atoms with Crippen LogP contribution >= 0.6 is 0 Å². The first kappa shape index (κ1) is 12.3. The summed E-state index contributed by atoms with van der Waals surface area (Å²) in [6.07, 6.45) is 0.962. The summed E-state index contributed by atoms with van der Waals surface area (Å²) in [7, 11) is 0. The molecule has 2 aromatic carbocycles. The zero-order valence-electron chi connectivity index (χ0n) is 10.1. The maximum atomic E-state index is 11.0. The molecular formula is C15H13O3. The highest BCUT2D eigenvalue weighted by atomic mass is 16.5. The molecule has 0 bridgehead atoms. The number of ether oxygens (including phenoxy) is 1. The molecule has 2 aromatic rings. The van der Waals surface area contributed by atoms with Crippen LogP contribution in [0.25, 0.3) is 10.8 Å². The van der Waals surface area contributed by atoms with Gasteiger partial charge in [-0.05, 0) is 18.4 Å². The zero-order valence-corrected chi connectivity index (χ0v) is 10.1. The van der Waals surface area contributed by atoms with Crippen molar-refractivity contribution in [3.8, 4) is 5.75 Å². The Labute approximate surface area is 105 Å². The Kier molecular flexibility index (Phi) is 3.72. The van der Waals surface area contributed by atoms with Crippen LogP contribution in [0.5, 0.6) is 5.75 Å². The van der Waals surface area contributed by atoms with E-state index in [9.17, 15) is 9.59 Å². The molecular weight excluding hydrogens is 228 g/mol. The van der Waals surface area contributed by atoms with E-state index in [4.69, 9.17) is 4.74 Å². The molecule has 91 valence electrons. The van der Waals surface area contributed by atoms with E-state index in [2.05, 4.69) is 0 Å². The van der Waals surface area contributed by atoms with Crippen molar-refractivity contribution in [1.82, 2.24) is 0 Å². The first-order valence-electron chi connectivity index (χ1n) is 5.72. The standard InChI is InChI=1S/C15H13O3/c1-11(17)9-13(10-16)18-15-8-4-6-12-5-2-3-7-14(12)15/h2-8,13H,9H2,1H3. The van der Waals surface area contributed by atoms with Crippen LogP contribution < -0.4 is 4.74 Å². The largest absolute Gasteiger partial charge is 0.481 e. The summed E-state index contributed by atoms with van der Waals surface area (Å²) >= 11 is 0. The molecule has 0 aliphatic carbocycles. The second kappa shape index (κ2) is 5.45. The highest BCUT2D eigenvalue weighted by molar-refractivity contribution is 5.88. The number of hydrogen-bond donors (Lipinski definition) is 0. The average Bonchev–Trinajstić information content (AvgIpc) is 2.38. The monoisotopic (exact) mass is 241 g/mol. The van der Waals surface area contributed by atoms with E-state index in [-0.39, 0.29) is 12.2 Å². The highest BCUT2D eigenvalue weighted by Crippen LogP contribution is 2.26. The summed E-state index contributed by atoms with van der Waals surface area (Å²) in [5.41, 5.74) is 0. The summed E-state index contributed by atoms with van der Waals surface area (Å²) in [6, 6.07) is 13.3. The fourth-order valence-corrected chi connectivity index (χ4v) is 1.82. The maximum absolute atomic E-state index is 11.0. The number of Topliss-reactive ketones (excluding diaryl/α,β-unsaturated/α-hetero) is 1. The number of hydrogen-bond acceptors (Lipinski definition) is 3. The van der Waals surface area contributed by atoms with Crippen LogP contribution in [-0.4, -0.2) is 18.2 Å². The van der Waals surface area contributed by atoms with Gasteiger partial charge in [-0.3, -0.25) is 9.59 Å². The molecule has 0 aromatic heterocycles. The van der Waals surface area contributed by atoms with E-state index in [0.29, 0.717) is 5.75 Å². The number of carbonyl (C=O) groups is 1. The number of benzene rings is 2. The van der Waals surface area contributed by atoms with Gasteiger partial charge >= 0.3 is 0 Å². The number of ketones is 1. The van der Waals surface area contributed by atoms with Gasteiger partial charge in [-0.1, -0.05) is 36.4 Å². The maximum Gasteiger partial charge on any atom is 0.243 e. The first-order valence-corrected chi connectivity index (χ1v) is 5.72. The van der Waals surface area contributed by atoms with Crippen molar-refractivity contribution in [3.05, 3.63) is 42.5 Å². The zero-order chi connectivity index (χ0) is 13.0. The molecule has 0 saturated heterocycles. The summed E-state index contributed by atoms with van der Waals surface area (Å²) in [6.45, 7) is 1.43. The molecule has 1 unspecified atom stereocenters. The van der Waals surface area contributed by atoms with Crippen molar-refractivity contribution in [2.75, 3.05) is 0 Å². The van der Waals surface area contributed by atoms with Gasteiger partial charge in [-0.2, -0.15) is 0 Å². The van der Waals surface area contributed by atoms with Crippen LogP contribution in [0.3, 0.4) is 0 Å². The predicted octanol–water partition coefficient (Wildman–Crippen LogP) is 2.68.